The van der Waals surface area contributed by atoms with Crippen molar-refractivity contribution in [1.29, 1.82) is 0 Å². The fraction of sp³-hybridized carbons (Fsp3) is 0.0833. The minimum absolute atomic E-state index is 0.133. The maximum absolute atomic E-state index is 6.19. The molecule has 0 bridgehead atoms. The first-order chi connectivity index (χ1) is 24.4. The van der Waals surface area contributed by atoms with Crippen molar-refractivity contribution in [2.45, 2.75) is 26.2 Å². The minimum atomic E-state index is 0.133. The third-order valence-electron chi connectivity index (χ3n) is 11.0. The summed E-state index contributed by atoms with van der Waals surface area (Å²) in [5.41, 5.74) is 12.0. The number of furan rings is 1. The topological polar surface area (TPSA) is 17.6 Å². The zero-order valence-electron chi connectivity index (χ0n) is 28.2. The molecule has 2 heteroatoms. The van der Waals surface area contributed by atoms with Gasteiger partial charge in [-0.25, -0.2) is 0 Å². The fourth-order valence-corrected chi connectivity index (χ4v) is 8.39. The third-order valence-corrected chi connectivity index (χ3v) is 11.0. The normalized spacial score (nSPS) is 12.7. The quantitative estimate of drug-likeness (QED) is 0.184. The number of rotatable bonds is 2. The Kier molecular flexibility index (Phi) is 5.41. The first-order valence-corrected chi connectivity index (χ1v) is 17.5. The van der Waals surface area contributed by atoms with Gasteiger partial charge in [0.1, 0.15) is 11.2 Å². The van der Waals surface area contributed by atoms with E-state index in [9.17, 15) is 0 Å². The van der Waals surface area contributed by atoms with E-state index in [0.717, 1.165) is 21.9 Å². The maximum Gasteiger partial charge on any atom is 0.135 e. The smallest absolute Gasteiger partial charge is 0.135 e. The van der Waals surface area contributed by atoms with E-state index in [1.807, 2.05) is 12.1 Å². The van der Waals surface area contributed by atoms with E-state index in [-0.39, 0.29) is 5.41 Å². The van der Waals surface area contributed by atoms with Crippen molar-refractivity contribution in [2.24, 2.45) is 0 Å². The van der Waals surface area contributed by atoms with Gasteiger partial charge in [-0.2, -0.15) is 0 Å². The molecule has 0 saturated carbocycles. The summed E-state index contributed by atoms with van der Waals surface area (Å²) < 4.78 is 8.71. The average Bonchev–Trinajstić information content (AvgIpc) is 3.78. The molecule has 0 N–H and O–H groups in total. The zero-order valence-corrected chi connectivity index (χ0v) is 28.2. The second kappa shape index (κ2) is 9.74. The lowest BCUT2D eigenvalue weighted by molar-refractivity contribution is 0.590. The van der Waals surface area contributed by atoms with Crippen molar-refractivity contribution in [1.82, 2.24) is 4.40 Å². The molecule has 236 valence electrons. The highest BCUT2D eigenvalue weighted by Gasteiger charge is 2.21. The largest absolute Gasteiger partial charge is 0.456 e. The molecule has 0 fully saturated rings. The molecule has 0 amide bonds. The number of para-hydroxylation sites is 1. The predicted octanol–water partition coefficient (Wildman–Crippen LogP) is 13.7. The number of nitrogens with zero attached hydrogens (tertiary/aromatic N) is 1. The van der Waals surface area contributed by atoms with Crippen LogP contribution in [0.25, 0.3) is 104 Å². The molecule has 0 aliphatic rings. The molecular formula is C48H33NO. The summed E-state index contributed by atoms with van der Waals surface area (Å²) in [4.78, 5) is 0. The second-order valence-electron chi connectivity index (χ2n) is 15.0. The van der Waals surface area contributed by atoms with E-state index >= 15 is 0 Å². The highest BCUT2D eigenvalue weighted by molar-refractivity contribution is 6.27. The first-order valence-electron chi connectivity index (χ1n) is 17.5. The van der Waals surface area contributed by atoms with E-state index in [1.165, 1.54) is 87.5 Å². The lowest BCUT2D eigenvalue weighted by Crippen LogP contribution is -2.10. The highest BCUT2D eigenvalue weighted by Crippen LogP contribution is 2.44. The van der Waals surface area contributed by atoms with Gasteiger partial charge in [-0.15, -0.1) is 0 Å². The second-order valence-corrected chi connectivity index (χ2v) is 15.0. The van der Waals surface area contributed by atoms with Crippen molar-refractivity contribution in [3.63, 3.8) is 0 Å². The van der Waals surface area contributed by atoms with Gasteiger partial charge in [-0.05, 0) is 115 Å². The number of hydrogen-bond acceptors (Lipinski definition) is 1. The maximum atomic E-state index is 6.19. The summed E-state index contributed by atoms with van der Waals surface area (Å²) in [6, 6.07) is 54.1. The van der Waals surface area contributed by atoms with Crippen LogP contribution in [-0.4, -0.2) is 4.40 Å². The Balaban J connectivity index is 1.19. The average molecular weight is 640 g/mol. The molecule has 0 radical (unpaired) electrons. The summed E-state index contributed by atoms with van der Waals surface area (Å²) in [7, 11) is 0. The fourth-order valence-electron chi connectivity index (χ4n) is 8.39. The highest BCUT2D eigenvalue weighted by atomic mass is 16.3. The van der Waals surface area contributed by atoms with Crippen LogP contribution in [0.2, 0.25) is 0 Å². The van der Waals surface area contributed by atoms with Gasteiger partial charge >= 0.3 is 0 Å². The van der Waals surface area contributed by atoms with Crippen LogP contribution >= 0.6 is 0 Å². The molecule has 11 rings (SSSR count). The molecule has 0 unspecified atom stereocenters. The SMILES string of the molecule is CC(C)(C)c1ccc(-c2ccc3cc4c5cc(-c6ccc7oc8ccccc8c7c6)cc6c7cc8ccccc8cc7n(c4cc3c2)c65)cc1. The van der Waals surface area contributed by atoms with Crippen molar-refractivity contribution >= 4 is 81.6 Å². The zero-order chi connectivity index (χ0) is 33.3. The Morgan fingerprint density at radius 1 is 0.400 bits per heavy atom. The van der Waals surface area contributed by atoms with Crippen LogP contribution in [0.4, 0.5) is 0 Å². The molecule has 2 nitrogen and oxygen atoms in total. The lowest BCUT2D eigenvalue weighted by atomic mass is 9.86. The summed E-state index contributed by atoms with van der Waals surface area (Å²) in [5.74, 6) is 0. The Labute approximate surface area is 289 Å². The Morgan fingerprint density at radius 2 is 0.960 bits per heavy atom. The molecular weight excluding hydrogens is 607 g/mol. The monoisotopic (exact) mass is 639 g/mol. The van der Waals surface area contributed by atoms with Gasteiger partial charge < -0.3 is 8.82 Å². The lowest BCUT2D eigenvalue weighted by Gasteiger charge is -2.19. The van der Waals surface area contributed by atoms with Crippen molar-refractivity contribution in [2.75, 3.05) is 0 Å². The summed E-state index contributed by atoms with van der Waals surface area (Å²) in [6.45, 7) is 6.80. The predicted molar refractivity (Wildman–Crippen MR) is 213 cm³/mol. The minimum Gasteiger partial charge on any atom is -0.456 e. The van der Waals surface area contributed by atoms with Gasteiger partial charge in [0, 0.05) is 32.3 Å². The Morgan fingerprint density at radius 3 is 1.70 bits per heavy atom. The molecule has 3 aromatic heterocycles. The van der Waals surface area contributed by atoms with Crippen molar-refractivity contribution < 1.29 is 4.42 Å². The Bertz CT molecular complexity index is 3170. The van der Waals surface area contributed by atoms with E-state index in [1.54, 1.807) is 0 Å². The van der Waals surface area contributed by atoms with Crippen molar-refractivity contribution in [3.8, 4) is 22.3 Å². The molecule has 0 aliphatic heterocycles. The third kappa shape index (κ3) is 3.90. The summed E-state index contributed by atoms with van der Waals surface area (Å²) >= 11 is 0. The number of benzene rings is 8. The van der Waals surface area contributed by atoms with Crippen LogP contribution < -0.4 is 0 Å². The van der Waals surface area contributed by atoms with Gasteiger partial charge in [0.15, 0.2) is 0 Å². The molecule has 0 spiro atoms. The van der Waals surface area contributed by atoms with Gasteiger partial charge in [-0.3, -0.25) is 0 Å². The standard InChI is InChI=1S/C48H33NO/c1-48(2,3)36-17-14-28(15-18-36)31-12-13-32-22-39-42-25-35(33-16-19-46-40(23-33)37-10-6-7-11-45(37)50-46)24-41-38-21-29-8-4-5-9-30(29)26-43(38)49(47(41)42)44(39)27-34(32)20-31/h4-27H,1-3H3. The van der Waals surface area contributed by atoms with E-state index in [2.05, 4.69) is 159 Å². The number of aromatic nitrogens is 1. The van der Waals surface area contributed by atoms with E-state index < -0.39 is 0 Å². The number of hydrogen-bond donors (Lipinski definition) is 0. The van der Waals surface area contributed by atoms with E-state index in [4.69, 9.17) is 4.42 Å². The summed E-state index contributed by atoms with van der Waals surface area (Å²) in [5, 5.41) is 12.5. The van der Waals surface area contributed by atoms with Crippen LogP contribution in [-0.2, 0) is 5.41 Å². The van der Waals surface area contributed by atoms with Crippen LogP contribution in [0.3, 0.4) is 0 Å². The molecule has 0 atom stereocenters. The van der Waals surface area contributed by atoms with Crippen LogP contribution in [0.5, 0.6) is 0 Å². The van der Waals surface area contributed by atoms with Gasteiger partial charge in [0.05, 0.1) is 16.6 Å². The summed E-state index contributed by atoms with van der Waals surface area (Å²) in [6.07, 6.45) is 0. The molecule has 50 heavy (non-hydrogen) atoms. The van der Waals surface area contributed by atoms with Crippen LogP contribution in [0.15, 0.2) is 150 Å². The Hall–Kier alpha value is -6.12. The molecule has 0 aliphatic carbocycles. The van der Waals surface area contributed by atoms with Crippen LogP contribution in [0, 0.1) is 0 Å². The number of fused-ring (bicyclic) bond motifs is 11. The molecule has 0 saturated heterocycles. The molecule has 8 aromatic carbocycles. The van der Waals surface area contributed by atoms with Gasteiger partial charge in [0.2, 0.25) is 0 Å². The van der Waals surface area contributed by atoms with Gasteiger partial charge in [0.25, 0.3) is 0 Å². The van der Waals surface area contributed by atoms with E-state index in [0.29, 0.717) is 0 Å². The van der Waals surface area contributed by atoms with Gasteiger partial charge in [-0.1, -0.05) is 106 Å². The molecule has 11 aromatic rings. The molecule has 3 heterocycles. The van der Waals surface area contributed by atoms with Crippen molar-refractivity contribution in [3.05, 3.63) is 151 Å². The van der Waals surface area contributed by atoms with Crippen LogP contribution in [0.1, 0.15) is 26.3 Å². The first kappa shape index (κ1) is 27.8.